The van der Waals surface area contributed by atoms with E-state index >= 15 is 0 Å². The van der Waals surface area contributed by atoms with Crippen LogP contribution >= 0.6 is 0 Å². The fourth-order valence-corrected chi connectivity index (χ4v) is 2.47. The van der Waals surface area contributed by atoms with Crippen molar-refractivity contribution in [3.63, 3.8) is 0 Å². The van der Waals surface area contributed by atoms with Gasteiger partial charge in [-0.2, -0.15) is 0 Å². The zero-order chi connectivity index (χ0) is 16.1. The molecule has 0 radical (unpaired) electrons. The molecular weight excluding hydrogens is 276 g/mol. The van der Waals surface area contributed by atoms with Crippen LogP contribution in [0.25, 0.3) is 0 Å². The minimum Gasteiger partial charge on any atom is -0.497 e. The molecule has 2 aromatic carbocycles. The van der Waals surface area contributed by atoms with Crippen molar-refractivity contribution in [1.29, 1.82) is 0 Å². The van der Waals surface area contributed by atoms with Crippen molar-refractivity contribution in [3.8, 4) is 5.75 Å². The molecule has 0 aliphatic carbocycles. The van der Waals surface area contributed by atoms with Crippen LogP contribution in [0.3, 0.4) is 0 Å². The van der Waals surface area contributed by atoms with Gasteiger partial charge in [0.05, 0.1) is 13.2 Å². The lowest BCUT2D eigenvalue weighted by atomic mass is 10.0. The SMILES string of the molecule is CCN(C(=O)c1ccc(N)cc1)C(C)c1cccc(OC)c1. The van der Waals surface area contributed by atoms with Gasteiger partial charge in [0.15, 0.2) is 0 Å². The Labute approximate surface area is 131 Å². The van der Waals surface area contributed by atoms with Crippen LogP contribution < -0.4 is 10.5 Å². The van der Waals surface area contributed by atoms with E-state index in [0.29, 0.717) is 17.8 Å². The van der Waals surface area contributed by atoms with Crippen molar-refractivity contribution in [2.24, 2.45) is 0 Å². The van der Waals surface area contributed by atoms with E-state index in [0.717, 1.165) is 11.3 Å². The number of amides is 1. The Morgan fingerprint density at radius 3 is 2.50 bits per heavy atom. The minimum absolute atomic E-state index is 0.00202. The predicted octanol–water partition coefficient (Wildman–Crippen LogP) is 3.50. The number of carbonyl (C=O) groups is 1. The summed E-state index contributed by atoms with van der Waals surface area (Å²) in [6.45, 7) is 4.63. The van der Waals surface area contributed by atoms with Crippen molar-refractivity contribution >= 4 is 11.6 Å². The smallest absolute Gasteiger partial charge is 0.254 e. The van der Waals surface area contributed by atoms with Gasteiger partial charge in [-0.3, -0.25) is 4.79 Å². The number of hydrogen-bond acceptors (Lipinski definition) is 3. The van der Waals surface area contributed by atoms with E-state index in [2.05, 4.69) is 0 Å². The number of hydrogen-bond donors (Lipinski definition) is 1. The van der Waals surface area contributed by atoms with Crippen LogP contribution in [0, 0.1) is 0 Å². The highest BCUT2D eigenvalue weighted by Crippen LogP contribution is 2.25. The Hall–Kier alpha value is -2.49. The lowest BCUT2D eigenvalue weighted by Crippen LogP contribution is -2.33. The minimum atomic E-state index is -0.0369. The third-order valence-corrected chi connectivity index (χ3v) is 3.80. The monoisotopic (exact) mass is 298 g/mol. The lowest BCUT2D eigenvalue weighted by Gasteiger charge is -2.28. The average molecular weight is 298 g/mol. The molecular formula is C18H22N2O2. The molecule has 0 fully saturated rings. The van der Waals surface area contributed by atoms with E-state index in [4.69, 9.17) is 10.5 Å². The summed E-state index contributed by atoms with van der Waals surface area (Å²) in [7, 11) is 1.64. The van der Waals surface area contributed by atoms with Crippen molar-refractivity contribution in [3.05, 3.63) is 59.7 Å². The molecule has 4 heteroatoms. The highest BCUT2D eigenvalue weighted by atomic mass is 16.5. The highest BCUT2D eigenvalue weighted by molar-refractivity contribution is 5.94. The first-order valence-corrected chi connectivity index (χ1v) is 7.37. The number of rotatable bonds is 5. The van der Waals surface area contributed by atoms with Crippen LogP contribution in [0.1, 0.15) is 35.8 Å². The average Bonchev–Trinajstić information content (AvgIpc) is 2.56. The molecule has 0 saturated carbocycles. The van der Waals surface area contributed by atoms with Crippen molar-refractivity contribution in [1.82, 2.24) is 4.90 Å². The molecule has 0 bridgehead atoms. The van der Waals surface area contributed by atoms with E-state index in [1.807, 2.05) is 43.0 Å². The molecule has 2 N–H and O–H groups in total. The maximum Gasteiger partial charge on any atom is 0.254 e. The van der Waals surface area contributed by atoms with Crippen LogP contribution in [0.15, 0.2) is 48.5 Å². The first-order valence-electron chi connectivity index (χ1n) is 7.37. The van der Waals surface area contributed by atoms with Gasteiger partial charge in [0.2, 0.25) is 0 Å². The third-order valence-electron chi connectivity index (χ3n) is 3.80. The second-order valence-electron chi connectivity index (χ2n) is 5.17. The van der Waals surface area contributed by atoms with E-state index < -0.39 is 0 Å². The van der Waals surface area contributed by atoms with E-state index in [9.17, 15) is 4.79 Å². The molecule has 2 aromatic rings. The first-order chi connectivity index (χ1) is 10.6. The number of methoxy groups -OCH3 is 1. The number of nitrogens with zero attached hydrogens (tertiary/aromatic N) is 1. The number of nitrogen functional groups attached to an aromatic ring is 1. The second-order valence-corrected chi connectivity index (χ2v) is 5.17. The van der Waals surface area contributed by atoms with Crippen LogP contribution in [-0.2, 0) is 0 Å². The Kier molecular flexibility index (Phi) is 5.04. The summed E-state index contributed by atoms with van der Waals surface area (Å²) in [5.41, 5.74) is 8.02. The molecule has 0 spiro atoms. The number of ether oxygens (including phenoxy) is 1. The molecule has 0 aliphatic rings. The Morgan fingerprint density at radius 1 is 1.23 bits per heavy atom. The van der Waals surface area contributed by atoms with Gasteiger partial charge >= 0.3 is 0 Å². The molecule has 0 aliphatic heterocycles. The van der Waals surface area contributed by atoms with Gasteiger partial charge in [-0.15, -0.1) is 0 Å². The fourth-order valence-electron chi connectivity index (χ4n) is 2.47. The first kappa shape index (κ1) is 15.9. The summed E-state index contributed by atoms with van der Waals surface area (Å²) in [6, 6.07) is 14.8. The van der Waals surface area contributed by atoms with Gasteiger partial charge in [-0.05, 0) is 55.8 Å². The van der Waals surface area contributed by atoms with Gasteiger partial charge in [-0.1, -0.05) is 12.1 Å². The number of nitrogens with two attached hydrogens (primary N) is 1. The summed E-state index contributed by atoms with van der Waals surface area (Å²) >= 11 is 0. The molecule has 1 unspecified atom stereocenters. The quantitative estimate of drug-likeness (QED) is 0.860. The van der Waals surface area contributed by atoms with Crippen molar-refractivity contribution in [2.45, 2.75) is 19.9 Å². The van der Waals surface area contributed by atoms with E-state index in [-0.39, 0.29) is 11.9 Å². The summed E-state index contributed by atoms with van der Waals surface area (Å²) in [4.78, 5) is 14.5. The van der Waals surface area contributed by atoms with E-state index in [1.54, 1.807) is 31.4 Å². The zero-order valence-electron chi connectivity index (χ0n) is 13.2. The van der Waals surface area contributed by atoms with Crippen LogP contribution in [0.5, 0.6) is 5.75 Å². The van der Waals surface area contributed by atoms with Crippen LogP contribution in [-0.4, -0.2) is 24.5 Å². The fraction of sp³-hybridized carbons (Fsp3) is 0.278. The van der Waals surface area contributed by atoms with E-state index in [1.165, 1.54) is 0 Å². The maximum atomic E-state index is 12.7. The van der Waals surface area contributed by atoms with Crippen LogP contribution in [0.4, 0.5) is 5.69 Å². The van der Waals surface area contributed by atoms with Crippen molar-refractivity contribution < 1.29 is 9.53 Å². The summed E-state index contributed by atoms with van der Waals surface area (Å²) < 4.78 is 5.26. The van der Waals surface area contributed by atoms with Gasteiger partial charge < -0.3 is 15.4 Å². The van der Waals surface area contributed by atoms with Gasteiger partial charge in [0.25, 0.3) is 5.91 Å². The van der Waals surface area contributed by atoms with Crippen LogP contribution in [0.2, 0.25) is 0 Å². The lowest BCUT2D eigenvalue weighted by molar-refractivity contribution is 0.0702. The standard InChI is InChI=1S/C18H22N2O2/c1-4-20(18(21)14-8-10-16(19)11-9-14)13(2)15-6-5-7-17(12-15)22-3/h5-13H,4,19H2,1-3H3. The summed E-state index contributed by atoms with van der Waals surface area (Å²) in [5, 5.41) is 0. The number of benzene rings is 2. The van der Waals surface area contributed by atoms with Crippen molar-refractivity contribution in [2.75, 3.05) is 19.4 Å². The van der Waals surface area contributed by atoms with Gasteiger partial charge in [0.1, 0.15) is 5.75 Å². The summed E-state index contributed by atoms with van der Waals surface area (Å²) in [5.74, 6) is 0.790. The molecule has 1 atom stereocenters. The molecule has 116 valence electrons. The molecule has 2 rings (SSSR count). The number of anilines is 1. The Bertz CT molecular complexity index is 638. The number of carbonyl (C=O) groups excluding carboxylic acids is 1. The third kappa shape index (κ3) is 3.39. The normalized spacial score (nSPS) is 11.8. The topological polar surface area (TPSA) is 55.6 Å². The zero-order valence-corrected chi connectivity index (χ0v) is 13.2. The van der Waals surface area contributed by atoms with Gasteiger partial charge in [-0.25, -0.2) is 0 Å². The Morgan fingerprint density at radius 2 is 1.91 bits per heavy atom. The largest absolute Gasteiger partial charge is 0.497 e. The van der Waals surface area contributed by atoms with Gasteiger partial charge in [0, 0.05) is 17.8 Å². The molecule has 4 nitrogen and oxygen atoms in total. The Balaban J connectivity index is 2.26. The molecule has 0 aromatic heterocycles. The maximum absolute atomic E-state index is 12.7. The predicted molar refractivity (Wildman–Crippen MR) is 89.0 cm³/mol. The molecule has 22 heavy (non-hydrogen) atoms. The molecule has 0 heterocycles. The molecule has 1 amide bonds. The molecule has 0 saturated heterocycles. The summed E-state index contributed by atoms with van der Waals surface area (Å²) in [6.07, 6.45) is 0. The second kappa shape index (κ2) is 6.98. The highest BCUT2D eigenvalue weighted by Gasteiger charge is 2.21.